The first kappa shape index (κ1) is 43.9. The molecule has 8 N–H and O–H groups in total. The molecule has 4 aromatic carbocycles. The SMILES string of the molecule is CC(COc1c(OCC(C)NC(=O)c2ccc(O)c(O)c2)c(F)c2sc(S(=O)(=O)NCP(=O)(O)Oc3ccc(C#N)c(F)c3)cc2c1F)NC(=O)c1ccc(O)c(O)c1. The Bertz CT molecular complexity index is 2540. The molecule has 23 heteroatoms. The molecule has 0 saturated carbocycles. The minimum Gasteiger partial charge on any atom is -0.504 e. The highest BCUT2D eigenvalue weighted by Crippen LogP contribution is 2.45. The Balaban J connectivity index is 1.40. The number of sulfonamides is 1. The number of ether oxygens (including phenoxy) is 2. The maximum atomic E-state index is 16.3. The number of phenolic OH excluding ortho intramolecular Hbond substituents is 4. The lowest BCUT2D eigenvalue weighted by atomic mass is 10.1. The van der Waals surface area contributed by atoms with Crippen molar-refractivity contribution >= 4 is 50.9 Å². The summed E-state index contributed by atoms with van der Waals surface area (Å²) in [5.41, 5.74) is -0.525. The van der Waals surface area contributed by atoms with E-state index in [2.05, 4.69) is 10.6 Å². The van der Waals surface area contributed by atoms with Gasteiger partial charge in [-0.15, -0.1) is 11.3 Å². The summed E-state index contributed by atoms with van der Waals surface area (Å²) in [5.74, 6) is -9.58. The van der Waals surface area contributed by atoms with Crippen molar-refractivity contribution in [3.63, 3.8) is 0 Å². The van der Waals surface area contributed by atoms with Crippen LogP contribution in [0.25, 0.3) is 10.1 Å². The summed E-state index contributed by atoms with van der Waals surface area (Å²) >= 11 is 0.203. The second-order valence-electron chi connectivity index (χ2n) is 12.7. The van der Waals surface area contributed by atoms with Crippen LogP contribution >= 0.6 is 18.9 Å². The van der Waals surface area contributed by atoms with Crippen LogP contribution in [0.3, 0.4) is 0 Å². The van der Waals surface area contributed by atoms with Crippen molar-refractivity contribution < 1.29 is 75.1 Å². The summed E-state index contributed by atoms with van der Waals surface area (Å²) in [4.78, 5) is 35.7. The van der Waals surface area contributed by atoms with E-state index in [4.69, 9.17) is 19.3 Å². The molecule has 0 spiro atoms. The van der Waals surface area contributed by atoms with Crippen LogP contribution in [0.1, 0.15) is 40.1 Å². The predicted molar refractivity (Wildman–Crippen MR) is 203 cm³/mol. The first-order valence-electron chi connectivity index (χ1n) is 16.8. The van der Waals surface area contributed by atoms with E-state index in [1.165, 1.54) is 26.0 Å². The van der Waals surface area contributed by atoms with Gasteiger partial charge in [0.25, 0.3) is 21.8 Å². The molecule has 5 aromatic rings. The predicted octanol–water partition coefficient (Wildman–Crippen LogP) is 4.91. The number of benzene rings is 4. The van der Waals surface area contributed by atoms with Crippen LogP contribution in [0.4, 0.5) is 13.2 Å². The molecule has 59 heavy (non-hydrogen) atoms. The van der Waals surface area contributed by atoms with Crippen LogP contribution < -0.4 is 29.4 Å². The van der Waals surface area contributed by atoms with Gasteiger partial charge in [0, 0.05) is 22.6 Å². The highest BCUT2D eigenvalue weighted by Gasteiger charge is 2.31. The van der Waals surface area contributed by atoms with E-state index in [9.17, 15) is 52.3 Å². The number of aromatic hydroxyl groups is 4. The summed E-state index contributed by atoms with van der Waals surface area (Å²) in [5, 5.41) is 51.8. The quantitative estimate of drug-likeness (QED) is 0.0484. The third-order valence-corrected chi connectivity index (χ3v) is 12.2. The molecule has 312 valence electrons. The molecular weight excluding hydrogens is 849 g/mol. The highest BCUT2D eigenvalue weighted by atomic mass is 32.2. The van der Waals surface area contributed by atoms with E-state index in [0.29, 0.717) is 6.07 Å². The van der Waals surface area contributed by atoms with Gasteiger partial charge in [0.15, 0.2) is 34.6 Å². The Kier molecular flexibility index (Phi) is 13.2. The second-order valence-corrected chi connectivity index (χ2v) is 17.5. The molecule has 0 aliphatic rings. The average molecular weight is 881 g/mol. The summed E-state index contributed by atoms with van der Waals surface area (Å²) in [7, 11) is -9.69. The number of amides is 2. The number of nitrogens with zero attached hydrogens (tertiary/aromatic N) is 1. The monoisotopic (exact) mass is 880 g/mol. The minimum atomic E-state index is -4.88. The van der Waals surface area contributed by atoms with Gasteiger partial charge in [0.05, 0.1) is 22.3 Å². The second kappa shape index (κ2) is 17.7. The zero-order valence-electron chi connectivity index (χ0n) is 30.4. The number of halogens is 3. The number of carbonyl (C=O) groups excluding carboxylic acids is 2. The average Bonchev–Trinajstić information content (AvgIpc) is 3.64. The minimum absolute atomic E-state index is 0.0680. The normalized spacial score (nSPS) is 13.4. The van der Waals surface area contributed by atoms with Crippen molar-refractivity contribution in [3.05, 3.63) is 94.8 Å². The van der Waals surface area contributed by atoms with Crippen LogP contribution in [0.15, 0.2) is 64.9 Å². The largest absolute Gasteiger partial charge is 0.504 e. The first-order chi connectivity index (χ1) is 27.7. The number of hydrogen-bond acceptors (Lipinski definition) is 14. The molecular formula is C36H32F3N4O13PS2. The Labute approximate surface area is 336 Å². The van der Waals surface area contributed by atoms with Gasteiger partial charge in [0.2, 0.25) is 11.5 Å². The standard InChI is InChI=1S/C36H32F3N4O13PS2/c1-17(42-35(48)19-4-7-25(44)27(46)9-19)14-54-32-30(38)23-12-29(59(52,53)41-16-57(50,51)56-22-6-3-21(13-40)24(37)11-22)58-34(23)31(39)33(32)55-15-18(2)43-36(49)20-5-8-26(45)28(47)10-20/h3-12,17-18,41,44-47H,14-16H2,1-2H3,(H,42,48)(H,43,49)(H,50,51). The maximum Gasteiger partial charge on any atom is 0.391 e. The Hall–Kier alpha value is -6.24. The van der Waals surface area contributed by atoms with Gasteiger partial charge in [-0.2, -0.15) is 9.98 Å². The fourth-order valence-corrected chi connectivity index (χ4v) is 8.97. The highest BCUT2D eigenvalue weighted by molar-refractivity contribution is 7.92. The van der Waals surface area contributed by atoms with Crippen molar-refractivity contribution in [1.29, 1.82) is 5.26 Å². The van der Waals surface area contributed by atoms with E-state index >= 15 is 8.78 Å². The van der Waals surface area contributed by atoms with Crippen molar-refractivity contribution in [3.8, 4) is 46.3 Å². The number of nitrogens with one attached hydrogen (secondary N) is 3. The van der Waals surface area contributed by atoms with E-state index in [1.807, 2.05) is 4.72 Å². The number of fused-ring (bicyclic) bond motifs is 1. The lowest BCUT2D eigenvalue weighted by molar-refractivity contribution is 0.0912. The summed E-state index contributed by atoms with van der Waals surface area (Å²) in [6, 6.07) is 9.51. The fraction of sp³-hybridized carbons (Fsp3) is 0.194. The number of carbonyl (C=O) groups is 2. The van der Waals surface area contributed by atoms with Gasteiger partial charge in [-0.3, -0.25) is 9.59 Å². The molecule has 3 atom stereocenters. The number of phenols is 4. The smallest absolute Gasteiger partial charge is 0.391 e. The van der Waals surface area contributed by atoms with Gasteiger partial charge in [0.1, 0.15) is 41.3 Å². The zero-order valence-corrected chi connectivity index (χ0v) is 32.9. The molecule has 3 unspecified atom stereocenters. The van der Waals surface area contributed by atoms with E-state index in [-0.39, 0.29) is 28.0 Å². The fourth-order valence-electron chi connectivity index (χ4n) is 5.03. The van der Waals surface area contributed by atoms with Crippen LogP contribution in [-0.4, -0.2) is 77.1 Å². The van der Waals surface area contributed by atoms with E-state index < -0.39 is 133 Å². The summed E-state index contributed by atoms with van der Waals surface area (Å²) in [6.07, 6.45) is -1.28. The molecule has 2 amide bonds. The number of hydrogen-bond donors (Lipinski definition) is 8. The van der Waals surface area contributed by atoms with Crippen LogP contribution in [-0.2, 0) is 14.6 Å². The molecule has 0 fully saturated rings. The van der Waals surface area contributed by atoms with Gasteiger partial charge in [-0.1, -0.05) is 0 Å². The van der Waals surface area contributed by atoms with Crippen molar-refractivity contribution in [1.82, 2.24) is 15.4 Å². The molecule has 0 aliphatic carbocycles. The van der Waals surface area contributed by atoms with Gasteiger partial charge in [-0.25, -0.2) is 26.2 Å². The Morgan fingerprint density at radius 1 is 0.814 bits per heavy atom. The number of rotatable bonds is 16. The van der Waals surface area contributed by atoms with Gasteiger partial charge in [-0.05, 0) is 68.4 Å². The van der Waals surface area contributed by atoms with Crippen LogP contribution in [0, 0.1) is 28.8 Å². The molecule has 5 rings (SSSR count). The maximum absolute atomic E-state index is 16.3. The van der Waals surface area contributed by atoms with Crippen LogP contribution in [0.5, 0.6) is 40.2 Å². The third kappa shape index (κ3) is 10.4. The molecule has 1 aromatic heterocycles. The molecule has 1 heterocycles. The van der Waals surface area contributed by atoms with Gasteiger partial charge >= 0.3 is 7.60 Å². The third-order valence-electron chi connectivity index (χ3n) is 7.96. The summed E-state index contributed by atoms with van der Waals surface area (Å²) in [6.45, 7) is 1.76. The van der Waals surface area contributed by atoms with Crippen LogP contribution in [0.2, 0.25) is 0 Å². The zero-order chi connectivity index (χ0) is 43.4. The topological polar surface area (TPSA) is 274 Å². The summed E-state index contributed by atoms with van der Waals surface area (Å²) < 4.78 is 102. The first-order valence-corrected chi connectivity index (χ1v) is 20.8. The van der Waals surface area contributed by atoms with Crippen molar-refractivity contribution in [2.75, 3.05) is 19.5 Å². The van der Waals surface area contributed by atoms with E-state index in [0.717, 1.165) is 42.5 Å². The lowest BCUT2D eigenvalue weighted by Crippen LogP contribution is -2.37. The van der Waals surface area contributed by atoms with Crippen molar-refractivity contribution in [2.24, 2.45) is 0 Å². The molecule has 17 nitrogen and oxygen atoms in total. The molecule has 0 bridgehead atoms. The number of nitriles is 1. The molecule has 0 saturated heterocycles. The van der Waals surface area contributed by atoms with Crippen molar-refractivity contribution in [2.45, 2.75) is 30.1 Å². The van der Waals surface area contributed by atoms with E-state index in [1.54, 1.807) is 6.07 Å². The van der Waals surface area contributed by atoms with Gasteiger partial charge < -0.3 is 50.0 Å². The number of thiophene rings is 1. The lowest BCUT2D eigenvalue weighted by Gasteiger charge is -2.20. The Morgan fingerprint density at radius 3 is 1.83 bits per heavy atom. The molecule has 0 aliphatic heterocycles. The molecule has 0 radical (unpaired) electrons. The Morgan fingerprint density at radius 2 is 1.34 bits per heavy atom.